The molecule has 3 nitrogen and oxygen atoms in total. The third-order valence-corrected chi connectivity index (χ3v) is 3.61. The lowest BCUT2D eigenvalue weighted by Crippen LogP contribution is -2.01. The Bertz CT molecular complexity index is 558. The number of ether oxygens (including phenoxy) is 1. The molecule has 0 atom stereocenters. The van der Waals surface area contributed by atoms with Gasteiger partial charge in [-0.2, -0.15) is 0 Å². The lowest BCUT2D eigenvalue weighted by Gasteiger charge is -2.03. The zero-order valence-electron chi connectivity index (χ0n) is 10.7. The molecule has 0 amide bonds. The molecule has 0 saturated heterocycles. The summed E-state index contributed by atoms with van der Waals surface area (Å²) in [4.78, 5) is 17.3. The average molecular weight is 261 g/mol. The van der Waals surface area contributed by atoms with Crippen molar-refractivity contribution in [2.24, 2.45) is 0 Å². The van der Waals surface area contributed by atoms with Crippen molar-refractivity contribution in [3.63, 3.8) is 0 Å². The normalized spacial score (nSPS) is 10.4. The van der Waals surface area contributed by atoms with Crippen molar-refractivity contribution in [1.29, 1.82) is 0 Å². The van der Waals surface area contributed by atoms with Crippen molar-refractivity contribution < 1.29 is 9.53 Å². The highest BCUT2D eigenvalue weighted by atomic mass is 32.1. The Balaban J connectivity index is 2.26. The van der Waals surface area contributed by atoms with E-state index in [1.807, 2.05) is 32.9 Å². The second-order valence-electron chi connectivity index (χ2n) is 3.93. The Hall–Kier alpha value is -1.68. The fraction of sp³-hybridized carbons (Fsp3) is 0.286. The van der Waals surface area contributed by atoms with Gasteiger partial charge in [-0.15, -0.1) is 11.3 Å². The van der Waals surface area contributed by atoms with Crippen LogP contribution >= 0.6 is 11.3 Å². The number of ketones is 1. The Labute approximate surface area is 110 Å². The van der Waals surface area contributed by atoms with Crippen LogP contribution in [0.4, 0.5) is 0 Å². The van der Waals surface area contributed by atoms with Gasteiger partial charge in [0, 0.05) is 5.56 Å². The molecule has 0 unspecified atom stereocenters. The summed E-state index contributed by atoms with van der Waals surface area (Å²) in [6.07, 6.45) is 0. The van der Waals surface area contributed by atoms with Crippen LogP contribution in [0.5, 0.6) is 5.75 Å². The molecule has 0 spiro atoms. The van der Waals surface area contributed by atoms with Crippen molar-refractivity contribution >= 4 is 17.1 Å². The lowest BCUT2D eigenvalue weighted by atomic mass is 10.1. The third kappa shape index (κ3) is 2.59. The van der Waals surface area contributed by atoms with Gasteiger partial charge >= 0.3 is 0 Å². The summed E-state index contributed by atoms with van der Waals surface area (Å²) in [6.45, 7) is 6.33. The first-order valence-electron chi connectivity index (χ1n) is 5.83. The molecule has 2 aromatic rings. The third-order valence-electron chi connectivity index (χ3n) is 2.54. The van der Waals surface area contributed by atoms with Crippen LogP contribution in [0.25, 0.3) is 0 Å². The number of hydrogen-bond acceptors (Lipinski definition) is 4. The minimum absolute atomic E-state index is 0.0288. The van der Waals surface area contributed by atoms with E-state index in [1.54, 1.807) is 12.1 Å². The molecule has 94 valence electrons. The summed E-state index contributed by atoms with van der Waals surface area (Å²) >= 11 is 1.44. The molecule has 0 fully saturated rings. The molecule has 0 aliphatic carbocycles. The molecule has 0 N–H and O–H groups in total. The molecule has 2 rings (SSSR count). The summed E-state index contributed by atoms with van der Waals surface area (Å²) < 4.78 is 5.35. The van der Waals surface area contributed by atoms with Gasteiger partial charge in [0.15, 0.2) is 0 Å². The average Bonchev–Trinajstić information content (AvgIpc) is 2.69. The van der Waals surface area contributed by atoms with E-state index in [-0.39, 0.29) is 5.78 Å². The summed E-state index contributed by atoms with van der Waals surface area (Å²) in [6, 6.07) is 7.23. The quantitative estimate of drug-likeness (QED) is 0.792. The standard InChI is InChI=1S/C14H15NO2S/c1-4-17-12-7-5-11(6-8-12)13(16)14-9(2)15-10(3)18-14/h5-8H,4H2,1-3H3. The summed E-state index contributed by atoms with van der Waals surface area (Å²) in [5.74, 6) is 0.812. The van der Waals surface area contributed by atoms with E-state index < -0.39 is 0 Å². The largest absolute Gasteiger partial charge is 0.494 e. The van der Waals surface area contributed by atoms with Crippen LogP contribution in [0.3, 0.4) is 0 Å². The zero-order valence-corrected chi connectivity index (χ0v) is 11.5. The van der Waals surface area contributed by atoms with Gasteiger partial charge in [0.2, 0.25) is 5.78 Å². The summed E-state index contributed by atoms with van der Waals surface area (Å²) in [7, 11) is 0. The van der Waals surface area contributed by atoms with Crippen LogP contribution in [0.15, 0.2) is 24.3 Å². The molecule has 18 heavy (non-hydrogen) atoms. The molecule has 1 heterocycles. The molecule has 0 radical (unpaired) electrons. The first-order valence-corrected chi connectivity index (χ1v) is 6.65. The fourth-order valence-corrected chi connectivity index (χ4v) is 2.62. The number of aryl methyl sites for hydroxylation is 2. The second kappa shape index (κ2) is 5.31. The number of carbonyl (C=O) groups is 1. The van der Waals surface area contributed by atoms with Crippen LogP contribution in [-0.2, 0) is 0 Å². The minimum Gasteiger partial charge on any atom is -0.494 e. The van der Waals surface area contributed by atoms with Crippen molar-refractivity contribution in [3.05, 3.63) is 45.4 Å². The molecule has 0 bridgehead atoms. The van der Waals surface area contributed by atoms with Gasteiger partial charge in [0.25, 0.3) is 0 Å². The molecule has 1 aromatic carbocycles. The molecule has 0 aliphatic heterocycles. The smallest absolute Gasteiger partial charge is 0.204 e. The summed E-state index contributed by atoms with van der Waals surface area (Å²) in [5.41, 5.74) is 1.47. The predicted octanol–water partition coefficient (Wildman–Crippen LogP) is 3.39. The Morgan fingerprint density at radius 2 is 1.94 bits per heavy atom. The molecule has 1 aromatic heterocycles. The van der Waals surface area contributed by atoms with Gasteiger partial charge in [-0.25, -0.2) is 4.98 Å². The Morgan fingerprint density at radius 1 is 1.28 bits per heavy atom. The first-order chi connectivity index (χ1) is 8.61. The van der Waals surface area contributed by atoms with Gasteiger partial charge in [0.1, 0.15) is 5.75 Å². The highest BCUT2D eigenvalue weighted by Crippen LogP contribution is 2.22. The maximum atomic E-state index is 12.3. The van der Waals surface area contributed by atoms with E-state index in [1.165, 1.54) is 11.3 Å². The van der Waals surface area contributed by atoms with Crippen LogP contribution in [0.1, 0.15) is 32.9 Å². The van der Waals surface area contributed by atoms with E-state index in [0.717, 1.165) is 21.3 Å². The van der Waals surface area contributed by atoms with Gasteiger partial charge in [0.05, 0.1) is 22.2 Å². The number of thiazole rings is 1. The highest BCUT2D eigenvalue weighted by Gasteiger charge is 2.15. The molecular weight excluding hydrogens is 246 g/mol. The predicted molar refractivity (Wildman–Crippen MR) is 72.6 cm³/mol. The van der Waals surface area contributed by atoms with Crippen molar-refractivity contribution in [3.8, 4) is 5.75 Å². The second-order valence-corrected chi connectivity index (χ2v) is 5.14. The van der Waals surface area contributed by atoms with Gasteiger partial charge in [-0.3, -0.25) is 4.79 Å². The van der Waals surface area contributed by atoms with Crippen LogP contribution in [0.2, 0.25) is 0 Å². The number of benzene rings is 1. The van der Waals surface area contributed by atoms with Crippen LogP contribution < -0.4 is 4.74 Å². The van der Waals surface area contributed by atoms with Crippen molar-refractivity contribution in [1.82, 2.24) is 4.98 Å². The maximum Gasteiger partial charge on any atom is 0.204 e. The van der Waals surface area contributed by atoms with Gasteiger partial charge in [-0.05, 0) is 45.0 Å². The Kier molecular flexibility index (Phi) is 3.77. The topological polar surface area (TPSA) is 39.2 Å². The van der Waals surface area contributed by atoms with Crippen LogP contribution in [0, 0.1) is 13.8 Å². The maximum absolute atomic E-state index is 12.3. The molecular formula is C14H15NO2S. The molecule has 4 heteroatoms. The number of carbonyl (C=O) groups excluding carboxylic acids is 1. The number of hydrogen-bond donors (Lipinski definition) is 0. The van der Waals surface area contributed by atoms with Gasteiger partial charge < -0.3 is 4.74 Å². The fourth-order valence-electron chi connectivity index (χ4n) is 1.74. The minimum atomic E-state index is 0.0288. The van der Waals surface area contributed by atoms with Crippen LogP contribution in [-0.4, -0.2) is 17.4 Å². The van der Waals surface area contributed by atoms with E-state index in [2.05, 4.69) is 4.98 Å². The van der Waals surface area contributed by atoms with Crippen molar-refractivity contribution in [2.45, 2.75) is 20.8 Å². The SMILES string of the molecule is CCOc1ccc(C(=O)c2sc(C)nc2C)cc1. The van der Waals surface area contributed by atoms with Crippen molar-refractivity contribution in [2.75, 3.05) is 6.61 Å². The Morgan fingerprint density at radius 3 is 2.44 bits per heavy atom. The zero-order chi connectivity index (χ0) is 13.1. The molecule has 0 aliphatic rings. The first kappa shape index (κ1) is 12.8. The monoisotopic (exact) mass is 261 g/mol. The van der Waals surface area contributed by atoms with E-state index in [9.17, 15) is 4.79 Å². The van der Waals surface area contributed by atoms with E-state index >= 15 is 0 Å². The van der Waals surface area contributed by atoms with E-state index in [4.69, 9.17) is 4.74 Å². The lowest BCUT2D eigenvalue weighted by molar-refractivity contribution is 0.104. The summed E-state index contributed by atoms with van der Waals surface area (Å²) in [5, 5.41) is 0.918. The number of nitrogens with zero attached hydrogens (tertiary/aromatic N) is 1. The highest BCUT2D eigenvalue weighted by molar-refractivity contribution is 7.14. The van der Waals surface area contributed by atoms with Gasteiger partial charge in [-0.1, -0.05) is 0 Å². The molecule has 0 saturated carbocycles. The number of aromatic nitrogens is 1. The number of rotatable bonds is 4. The van der Waals surface area contributed by atoms with E-state index in [0.29, 0.717) is 12.2 Å².